The molecule has 4 heteroatoms. The lowest BCUT2D eigenvalue weighted by atomic mass is 10.0. The predicted octanol–water partition coefficient (Wildman–Crippen LogP) is 2.72. The van der Waals surface area contributed by atoms with E-state index in [1.165, 1.54) is 16.2 Å². The molecule has 0 aliphatic rings. The zero-order chi connectivity index (χ0) is 14.4. The van der Waals surface area contributed by atoms with E-state index in [4.69, 9.17) is 5.73 Å². The molecule has 2 unspecified atom stereocenters. The third-order valence-electron chi connectivity index (χ3n) is 3.52. The molecule has 1 heterocycles. The van der Waals surface area contributed by atoms with E-state index in [0.29, 0.717) is 6.04 Å². The Hall–Kier alpha value is -0.420. The zero-order valence-electron chi connectivity index (χ0n) is 13.0. The van der Waals surface area contributed by atoms with Gasteiger partial charge in [0, 0.05) is 15.8 Å². The minimum absolute atomic E-state index is 0.211. The molecule has 3 nitrogen and oxygen atoms in total. The lowest BCUT2D eigenvalue weighted by molar-refractivity contribution is 0.203. The van der Waals surface area contributed by atoms with Crippen LogP contribution in [-0.2, 0) is 0 Å². The fraction of sp³-hybridized carbons (Fsp3) is 0.733. The Balaban J connectivity index is 2.68. The van der Waals surface area contributed by atoms with Crippen LogP contribution >= 0.6 is 11.3 Å². The summed E-state index contributed by atoms with van der Waals surface area (Å²) in [6.45, 7) is 6.55. The van der Waals surface area contributed by atoms with E-state index in [2.05, 4.69) is 56.9 Å². The molecule has 0 spiro atoms. The molecular weight excluding hydrogens is 254 g/mol. The highest BCUT2D eigenvalue weighted by Gasteiger charge is 2.24. The van der Waals surface area contributed by atoms with Crippen LogP contribution in [0, 0.1) is 6.92 Å². The van der Waals surface area contributed by atoms with E-state index in [-0.39, 0.29) is 6.04 Å². The number of thiophene rings is 1. The molecule has 2 atom stereocenters. The fourth-order valence-electron chi connectivity index (χ4n) is 2.37. The average molecular weight is 283 g/mol. The van der Waals surface area contributed by atoms with Gasteiger partial charge in [-0.05, 0) is 66.1 Å². The van der Waals surface area contributed by atoms with Crippen LogP contribution < -0.4 is 5.73 Å². The van der Waals surface area contributed by atoms with Gasteiger partial charge in [0.25, 0.3) is 0 Å². The second-order valence-corrected chi connectivity index (χ2v) is 6.92. The normalized spacial score (nSPS) is 15.2. The monoisotopic (exact) mass is 283 g/mol. The molecule has 0 amide bonds. The maximum Gasteiger partial charge on any atom is 0.0591 e. The number of hydrogen-bond acceptors (Lipinski definition) is 4. The maximum atomic E-state index is 6.35. The van der Waals surface area contributed by atoms with Gasteiger partial charge in [-0.1, -0.05) is 6.92 Å². The van der Waals surface area contributed by atoms with E-state index in [1.54, 1.807) is 0 Å². The van der Waals surface area contributed by atoms with Crippen LogP contribution in [0.2, 0.25) is 0 Å². The number of nitrogens with two attached hydrogens (primary N) is 1. The molecule has 0 fully saturated rings. The second-order valence-electron chi connectivity index (χ2n) is 5.60. The van der Waals surface area contributed by atoms with Crippen LogP contribution in [0.3, 0.4) is 0 Å². The molecule has 1 rings (SSSR count). The Kier molecular flexibility index (Phi) is 7.00. The molecule has 1 aromatic heterocycles. The van der Waals surface area contributed by atoms with Crippen LogP contribution in [0.1, 0.15) is 35.6 Å². The maximum absolute atomic E-state index is 6.35. The molecule has 0 bridgehead atoms. The minimum atomic E-state index is 0.211. The summed E-state index contributed by atoms with van der Waals surface area (Å²) in [7, 11) is 6.45. The fourth-order valence-corrected chi connectivity index (χ4v) is 3.49. The van der Waals surface area contributed by atoms with Gasteiger partial charge in [-0.15, -0.1) is 11.3 Å². The Morgan fingerprint density at radius 1 is 1.21 bits per heavy atom. The summed E-state index contributed by atoms with van der Waals surface area (Å²) in [6, 6.07) is 5.00. The molecule has 2 N–H and O–H groups in total. The highest BCUT2D eigenvalue weighted by atomic mass is 32.1. The van der Waals surface area contributed by atoms with Crippen molar-refractivity contribution in [2.45, 2.75) is 38.8 Å². The Labute approximate surface area is 122 Å². The van der Waals surface area contributed by atoms with E-state index in [0.717, 1.165) is 19.5 Å². The van der Waals surface area contributed by atoms with E-state index >= 15 is 0 Å². The summed E-state index contributed by atoms with van der Waals surface area (Å²) in [6.07, 6.45) is 2.19. The quantitative estimate of drug-likeness (QED) is 0.796. The molecule has 19 heavy (non-hydrogen) atoms. The van der Waals surface area contributed by atoms with E-state index in [1.807, 2.05) is 11.3 Å². The van der Waals surface area contributed by atoms with Crippen molar-refractivity contribution in [1.29, 1.82) is 0 Å². The smallest absolute Gasteiger partial charge is 0.0591 e. The molecular formula is C15H29N3S. The molecule has 0 aliphatic carbocycles. The van der Waals surface area contributed by atoms with Crippen LogP contribution in [0.4, 0.5) is 0 Å². The summed E-state index contributed by atoms with van der Waals surface area (Å²) in [5.41, 5.74) is 6.35. The summed E-state index contributed by atoms with van der Waals surface area (Å²) in [4.78, 5) is 7.42. The van der Waals surface area contributed by atoms with E-state index < -0.39 is 0 Å². The first-order valence-corrected chi connectivity index (χ1v) is 7.94. The first-order valence-electron chi connectivity index (χ1n) is 7.12. The number of rotatable bonds is 8. The minimum Gasteiger partial charge on any atom is -0.326 e. The van der Waals surface area contributed by atoms with Gasteiger partial charge >= 0.3 is 0 Å². The molecule has 0 aliphatic heterocycles. The van der Waals surface area contributed by atoms with Crippen molar-refractivity contribution in [1.82, 2.24) is 9.80 Å². The lowest BCUT2D eigenvalue weighted by Gasteiger charge is -2.32. The number of likely N-dealkylation sites (N-methyl/N-ethyl adjacent to an activating group) is 1. The summed E-state index contributed by atoms with van der Waals surface area (Å²) in [5.74, 6) is 0. The highest BCUT2D eigenvalue weighted by Crippen LogP contribution is 2.29. The summed E-state index contributed by atoms with van der Waals surface area (Å²) in [5, 5.41) is 0. The molecule has 110 valence electrons. The molecule has 0 saturated heterocycles. The molecule has 0 saturated carbocycles. The Morgan fingerprint density at radius 2 is 1.89 bits per heavy atom. The van der Waals surface area contributed by atoms with Gasteiger partial charge in [0.1, 0.15) is 0 Å². The Bertz CT molecular complexity index is 362. The van der Waals surface area contributed by atoms with Gasteiger partial charge in [-0.2, -0.15) is 0 Å². The van der Waals surface area contributed by atoms with Gasteiger partial charge in [0.15, 0.2) is 0 Å². The predicted molar refractivity (Wildman–Crippen MR) is 85.9 cm³/mol. The van der Waals surface area contributed by atoms with Crippen LogP contribution in [0.5, 0.6) is 0 Å². The standard InChI is InChI=1S/C15H29N3S/c1-6-13(16)15(14-9-8-12(2)19-14)18(5)11-7-10-17(3)4/h8-9,13,15H,6-7,10-11,16H2,1-5H3. The third-order valence-corrected chi connectivity index (χ3v) is 4.59. The van der Waals surface area contributed by atoms with Crippen molar-refractivity contribution in [3.8, 4) is 0 Å². The van der Waals surface area contributed by atoms with Gasteiger partial charge in [-0.3, -0.25) is 4.90 Å². The molecule has 1 aromatic rings. The molecule has 0 aromatic carbocycles. The van der Waals surface area contributed by atoms with Crippen molar-refractivity contribution < 1.29 is 0 Å². The van der Waals surface area contributed by atoms with Crippen molar-refractivity contribution >= 4 is 11.3 Å². The average Bonchev–Trinajstić information content (AvgIpc) is 2.75. The Morgan fingerprint density at radius 3 is 2.37 bits per heavy atom. The van der Waals surface area contributed by atoms with Crippen molar-refractivity contribution in [3.63, 3.8) is 0 Å². The van der Waals surface area contributed by atoms with Crippen LogP contribution in [-0.4, -0.2) is 50.1 Å². The van der Waals surface area contributed by atoms with E-state index in [9.17, 15) is 0 Å². The van der Waals surface area contributed by atoms with Gasteiger partial charge in [-0.25, -0.2) is 0 Å². The highest BCUT2D eigenvalue weighted by molar-refractivity contribution is 7.12. The SMILES string of the molecule is CCC(N)C(c1ccc(C)s1)N(C)CCCN(C)C. The number of nitrogens with zero attached hydrogens (tertiary/aromatic N) is 2. The second kappa shape index (κ2) is 8.00. The van der Waals surface area contributed by atoms with Gasteiger partial charge in [0.2, 0.25) is 0 Å². The van der Waals surface area contributed by atoms with Crippen molar-refractivity contribution in [2.24, 2.45) is 5.73 Å². The topological polar surface area (TPSA) is 32.5 Å². The first-order chi connectivity index (χ1) is 8.95. The molecule has 0 radical (unpaired) electrons. The van der Waals surface area contributed by atoms with Gasteiger partial charge < -0.3 is 10.6 Å². The summed E-state index contributed by atoms with van der Waals surface area (Å²) >= 11 is 1.88. The van der Waals surface area contributed by atoms with Crippen molar-refractivity contribution in [3.05, 3.63) is 21.9 Å². The number of hydrogen-bond donors (Lipinski definition) is 1. The van der Waals surface area contributed by atoms with Gasteiger partial charge in [0.05, 0.1) is 6.04 Å². The number of aryl methyl sites for hydroxylation is 1. The lowest BCUT2D eigenvalue weighted by Crippen LogP contribution is -2.39. The largest absolute Gasteiger partial charge is 0.326 e. The van der Waals surface area contributed by atoms with Crippen LogP contribution in [0.25, 0.3) is 0 Å². The van der Waals surface area contributed by atoms with Crippen LogP contribution in [0.15, 0.2) is 12.1 Å². The zero-order valence-corrected chi connectivity index (χ0v) is 13.8. The first kappa shape index (κ1) is 16.6. The van der Waals surface area contributed by atoms with Crippen molar-refractivity contribution in [2.75, 3.05) is 34.2 Å². The summed E-state index contributed by atoms with van der Waals surface area (Å²) < 4.78 is 0. The third kappa shape index (κ3) is 5.22.